The summed E-state index contributed by atoms with van der Waals surface area (Å²) < 4.78 is 17.2. The summed E-state index contributed by atoms with van der Waals surface area (Å²) in [5.41, 5.74) is 2.32. The molecule has 1 amide bonds. The lowest BCUT2D eigenvalue weighted by molar-refractivity contribution is -0.180. The third-order valence-corrected chi connectivity index (χ3v) is 5.17. The van der Waals surface area contributed by atoms with E-state index in [1.807, 2.05) is 36.4 Å². The minimum absolute atomic E-state index is 0.230. The lowest BCUT2D eigenvalue weighted by Gasteiger charge is -2.22. The zero-order valence-corrected chi connectivity index (χ0v) is 16.0. The second-order valence-corrected chi connectivity index (χ2v) is 7.09. The monoisotopic (exact) mass is 387 g/mol. The summed E-state index contributed by atoms with van der Waals surface area (Å²) in [6, 6.07) is 13.2. The Labute approximate surface area is 163 Å². The van der Waals surface area contributed by atoms with Crippen molar-refractivity contribution in [2.45, 2.75) is 32.1 Å². The highest BCUT2D eigenvalue weighted by molar-refractivity contribution is 6.35. The summed E-state index contributed by atoms with van der Waals surface area (Å²) in [5, 5.41) is 0.511. The molecule has 0 saturated carbocycles. The maximum Gasteiger partial charge on any atom is 0.292 e. The first kappa shape index (κ1) is 18.3. The van der Waals surface area contributed by atoms with Crippen molar-refractivity contribution < 1.29 is 19.0 Å². The second kappa shape index (κ2) is 7.50. The Balaban J connectivity index is 1.58. The van der Waals surface area contributed by atoms with E-state index >= 15 is 0 Å². The number of unbranched alkanes of at least 4 members (excludes halogenated alkanes) is 1. The predicted octanol–water partition coefficient (Wildman–Crippen LogP) is 4.27. The number of halogens is 1. The summed E-state index contributed by atoms with van der Waals surface area (Å²) in [6.45, 7) is 4.00. The van der Waals surface area contributed by atoms with Crippen molar-refractivity contribution in [1.29, 1.82) is 0 Å². The van der Waals surface area contributed by atoms with Crippen LogP contribution in [0.4, 0.5) is 5.69 Å². The number of hydrogen-bond acceptors (Lipinski definition) is 4. The van der Waals surface area contributed by atoms with E-state index in [0.717, 1.165) is 24.2 Å². The Morgan fingerprint density at radius 1 is 1.15 bits per heavy atom. The molecule has 2 heterocycles. The van der Waals surface area contributed by atoms with Gasteiger partial charge in [0.2, 0.25) is 0 Å². The maximum absolute atomic E-state index is 13.2. The van der Waals surface area contributed by atoms with E-state index in [1.54, 1.807) is 11.0 Å². The fourth-order valence-electron chi connectivity index (χ4n) is 3.50. The van der Waals surface area contributed by atoms with Crippen molar-refractivity contribution in [3.05, 3.63) is 58.6 Å². The molecule has 0 aliphatic carbocycles. The van der Waals surface area contributed by atoms with Crippen molar-refractivity contribution in [3.63, 3.8) is 0 Å². The van der Waals surface area contributed by atoms with Crippen LogP contribution in [-0.2, 0) is 26.6 Å². The molecule has 4 rings (SSSR count). The minimum Gasteiger partial charge on any atom is -0.494 e. The van der Waals surface area contributed by atoms with Gasteiger partial charge in [-0.05, 0) is 30.2 Å². The van der Waals surface area contributed by atoms with Crippen molar-refractivity contribution in [2.75, 3.05) is 24.7 Å². The van der Waals surface area contributed by atoms with Gasteiger partial charge in [0.05, 0.1) is 37.1 Å². The molecule has 27 heavy (non-hydrogen) atoms. The largest absolute Gasteiger partial charge is 0.494 e. The molecule has 1 spiro atoms. The van der Waals surface area contributed by atoms with E-state index in [4.69, 9.17) is 25.8 Å². The maximum atomic E-state index is 13.2. The zero-order valence-electron chi connectivity index (χ0n) is 15.2. The van der Waals surface area contributed by atoms with Crippen molar-refractivity contribution in [1.82, 2.24) is 0 Å². The smallest absolute Gasteiger partial charge is 0.292 e. The van der Waals surface area contributed by atoms with Crippen LogP contribution in [-0.4, -0.2) is 25.7 Å². The van der Waals surface area contributed by atoms with E-state index in [1.165, 1.54) is 0 Å². The summed E-state index contributed by atoms with van der Waals surface area (Å²) in [5.74, 6) is -0.757. The van der Waals surface area contributed by atoms with Gasteiger partial charge < -0.3 is 19.1 Å². The first-order valence-electron chi connectivity index (χ1n) is 9.26. The van der Waals surface area contributed by atoms with Gasteiger partial charge in [-0.2, -0.15) is 0 Å². The first-order valence-corrected chi connectivity index (χ1v) is 9.64. The number of ether oxygens (including phenoxy) is 3. The van der Waals surface area contributed by atoms with Gasteiger partial charge in [0.25, 0.3) is 11.7 Å². The van der Waals surface area contributed by atoms with Gasteiger partial charge in [-0.15, -0.1) is 0 Å². The predicted molar refractivity (Wildman–Crippen MR) is 103 cm³/mol. The van der Waals surface area contributed by atoms with Gasteiger partial charge in [-0.3, -0.25) is 4.79 Å². The fourth-order valence-corrected chi connectivity index (χ4v) is 3.78. The van der Waals surface area contributed by atoms with Crippen LogP contribution in [0.3, 0.4) is 0 Å². The molecule has 0 atom stereocenters. The average molecular weight is 388 g/mol. The lowest BCUT2D eigenvalue weighted by atomic mass is 10.1. The molecule has 142 valence electrons. The standard InChI is InChI=1S/C21H22ClNO4/c1-2-3-11-25-16-9-7-15(8-10-16)14-23-19-17(5-4-6-18(19)22)21(20(23)24)26-12-13-27-21/h4-10H,2-3,11-14H2,1H3. The highest BCUT2D eigenvalue weighted by Gasteiger charge is 2.56. The topological polar surface area (TPSA) is 48.0 Å². The quantitative estimate of drug-likeness (QED) is 0.695. The number of nitrogens with zero attached hydrogens (tertiary/aromatic N) is 1. The van der Waals surface area contributed by atoms with Gasteiger partial charge in [-0.1, -0.05) is 49.2 Å². The number of carbonyl (C=O) groups is 1. The third kappa shape index (κ3) is 3.20. The number of carbonyl (C=O) groups excluding carboxylic acids is 1. The normalized spacial score (nSPS) is 17.6. The summed E-state index contributed by atoms with van der Waals surface area (Å²) in [4.78, 5) is 14.8. The van der Waals surface area contributed by atoms with Crippen molar-refractivity contribution in [3.8, 4) is 5.75 Å². The number of amides is 1. The third-order valence-electron chi connectivity index (χ3n) is 4.86. The Kier molecular flexibility index (Phi) is 5.08. The highest BCUT2D eigenvalue weighted by Crippen LogP contribution is 2.49. The molecule has 0 aromatic heterocycles. The number of hydrogen-bond donors (Lipinski definition) is 0. The van der Waals surface area contributed by atoms with Crippen LogP contribution in [0.15, 0.2) is 42.5 Å². The summed E-state index contributed by atoms with van der Waals surface area (Å²) >= 11 is 6.43. The van der Waals surface area contributed by atoms with Gasteiger partial charge in [-0.25, -0.2) is 0 Å². The molecule has 2 aromatic carbocycles. The molecule has 0 N–H and O–H groups in total. The molecule has 2 aliphatic heterocycles. The molecule has 0 bridgehead atoms. The summed E-state index contributed by atoms with van der Waals surface area (Å²) in [7, 11) is 0. The van der Waals surface area contributed by atoms with Crippen LogP contribution < -0.4 is 9.64 Å². The Morgan fingerprint density at radius 3 is 2.59 bits per heavy atom. The molecular formula is C21H22ClNO4. The molecule has 6 heteroatoms. The number of fused-ring (bicyclic) bond motifs is 2. The first-order chi connectivity index (χ1) is 13.2. The van der Waals surface area contributed by atoms with Crippen LogP contribution in [0, 0.1) is 0 Å². The summed E-state index contributed by atoms with van der Waals surface area (Å²) in [6.07, 6.45) is 2.13. The molecule has 2 aromatic rings. The molecule has 0 unspecified atom stereocenters. The fraction of sp³-hybridized carbons (Fsp3) is 0.381. The number of benzene rings is 2. The van der Waals surface area contributed by atoms with E-state index < -0.39 is 5.79 Å². The Morgan fingerprint density at radius 2 is 1.89 bits per heavy atom. The average Bonchev–Trinajstić information content (AvgIpc) is 3.25. The molecule has 0 radical (unpaired) electrons. The molecular weight excluding hydrogens is 366 g/mol. The number of para-hydroxylation sites is 1. The molecule has 1 fully saturated rings. The Bertz CT molecular complexity index is 831. The van der Waals surface area contributed by atoms with Crippen LogP contribution in [0.1, 0.15) is 30.9 Å². The molecule has 5 nitrogen and oxygen atoms in total. The van der Waals surface area contributed by atoms with E-state index in [9.17, 15) is 4.79 Å². The Hall–Kier alpha value is -2.08. The second-order valence-electron chi connectivity index (χ2n) is 6.69. The lowest BCUT2D eigenvalue weighted by Crippen LogP contribution is -2.40. The number of anilines is 1. The van der Waals surface area contributed by atoms with E-state index in [-0.39, 0.29) is 5.91 Å². The minimum atomic E-state index is -1.36. The van der Waals surface area contributed by atoms with Crippen LogP contribution in [0.2, 0.25) is 5.02 Å². The van der Waals surface area contributed by atoms with E-state index in [2.05, 4.69) is 6.92 Å². The van der Waals surface area contributed by atoms with Crippen LogP contribution in [0.5, 0.6) is 5.75 Å². The van der Waals surface area contributed by atoms with Crippen molar-refractivity contribution >= 4 is 23.2 Å². The molecule has 1 saturated heterocycles. The molecule has 2 aliphatic rings. The van der Waals surface area contributed by atoms with Gasteiger partial charge >= 0.3 is 0 Å². The van der Waals surface area contributed by atoms with Crippen LogP contribution in [0.25, 0.3) is 0 Å². The highest BCUT2D eigenvalue weighted by atomic mass is 35.5. The van der Waals surface area contributed by atoms with Crippen molar-refractivity contribution in [2.24, 2.45) is 0 Å². The SMILES string of the molecule is CCCCOc1ccc(CN2C(=O)C3(OCCO3)c3cccc(Cl)c32)cc1. The van der Waals surface area contributed by atoms with E-state index in [0.29, 0.717) is 42.6 Å². The van der Waals surface area contributed by atoms with Gasteiger partial charge in [0.15, 0.2) is 0 Å². The van der Waals surface area contributed by atoms with Gasteiger partial charge in [0, 0.05) is 5.56 Å². The van der Waals surface area contributed by atoms with Gasteiger partial charge in [0.1, 0.15) is 5.75 Å². The van der Waals surface area contributed by atoms with Crippen LogP contribution >= 0.6 is 11.6 Å². The zero-order chi connectivity index (χ0) is 18.9. The number of rotatable bonds is 6.